The van der Waals surface area contributed by atoms with Crippen LogP contribution in [0.3, 0.4) is 0 Å². The maximum absolute atomic E-state index is 12.5. The average Bonchev–Trinajstić information content (AvgIpc) is 2.95. The molecular weight excluding hydrogens is 288 g/mol. The molecule has 1 aromatic rings. The molecule has 0 aliphatic carbocycles. The monoisotopic (exact) mass is 314 g/mol. The Morgan fingerprint density at radius 2 is 2.24 bits per heavy atom. The zero-order valence-corrected chi connectivity index (χ0v) is 14.2. The minimum Gasteiger partial charge on any atom is -0.351 e. The molecule has 1 aliphatic heterocycles. The smallest absolute Gasteiger partial charge is 0.225 e. The van der Waals surface area contributed by atoms with Gasteiger partial charge >= 0.3 is 0 Å². The molecule has 2 atom stereocenters. The van der Waals surface area contributed by atoms with Gasteiger partial charge in [0.05, 0.1) is 12.1 Å². The molecule has 120 valence electrons. The van der Waals surface area contributed by atoms with E-state index in [-0.39, 0.29) is 35.7 Å². The van der Waals surface area contributed by atoms with Crippen LogP contribution in [0.25, 0.3) is 0 Å². The van der Waals surface area contributed by atoms with Gasteiger partial charge in [0.15, 0.2) is 0 Å². The van der Waals surface area contributed by atoms with Crippen molar-refractivity contribution in [1.29, 1.82) is 0 Å². The van der Waals surface area contributed by atoms with Crippen LogP contribution in [0, 0.1) is 5.92 Å². The van der Waals surface area contributed by atoms with Crippen LogP contribution in [0.15, 0.2) is 12.4 Å². The first kappa shape index (κ1) is 18.0. The second-order valence-electron chi connectivity index (χ2n) is 6.44. The average molecular weight is 315 g/mol. The number of rotatable bonds is 5. The van der Waals surface area contributed by atoms with Gasteiger partial charge in [0, 0.05) is 37.8 Å². The second-order valence-corrected chi connectivity index (χ2v) is 6.44. The van der Waals surface area contributed by atoms with Crippen molar-refractivity contribution in [2.24, 2.45) is 13.0 Å². The third-order valence-electron chi connectivity index (χ3n) is 4.04. The third kappa shape index (κ3) is 4.45. The minimum atomic E-state index is -0.131. The van der Waals surface area contributed by atoms with Crippen molar-refractivity contribution in [2.75, 3.05) is 13.1 Å². The van der Waals surface area contributed by atoms with E-state index in [4.69, 9.17) is 0 Å². The Kier molecular flexibility index (Phi) is 6.23. The Bertz CT molecular complexity index is 472. The molecule has 1 fully saturated rings. The summed E-state index contributed by atoms with van der Waals surface area (Å²) in [6, 6.07) is 0. The van der Waals surface area contributed by atoms with Crippen LogP contribution >= 0.6 is 12.4 Å². The van der Waals surface area contributed by atoms with E-state index in [0.29, 0.717) is 0 Å². The molecule has 0 spiro atoms. The van der Waals surface area contributed by atoms with Crippen molar-refractivity contribution < 1.29 is 4.79 Å². The van der Waals surface area contributed by atoms with Crippen molar-refractivity contribution in [3.63, 3.8) is 0 Å². The van der Waals surface area contributed by atoms with Crippen molar-refractivity contribution in [1.82, 2.24) is 20.4 Å². The number of nitrogens with one attached hydrogen (secondary N) is 2. The number of carbonyl (C=O) groups is 1. The Labute approximate surface area is 133 Å². The summed E-state index contributed by atoms with van der Waals surface area (Å²) in [5.41, 5.74) is 1.01. The third-order valence-corrected chi connectivity index (χ3v) is 4.04. The molecule has 1 aromatic heterocycles. The van der Waals surface area contributed by atoms with E-state index in [2.05, 4.69) is 36.5 Å². The summed E-state index contributed by atoms with van der Waals surface area (Å²) in [4.78, 5) is 12.5. The van der Waals surface area contributed by atoms with Gasteiger partial charge in [0.25, 0.3) is 0 Å². The molecule has 2 heterocycles. The van der Waals surface area contributed by atoms with E-state index in [0.717, 1.165) is 31.5 Å². The Morgan fingerprint density at radius 1 is 1.52 bits per heavy atom. The van der Waals surface area contributed by atoms with Gasteiger partial charge in [0.1, 0.15) is 0 Å². The highest BCUT2D eigenvalue weighted by molar-refractivity contribution is 5.85. The summed E-state index contributed by atoms with van der Waals surface area (Å²) in [7, 11) is 1.91. The Morgan fingerprint density at radius 3 is 2.81 bits per heavy atom. The van der Waals surface area contributed by atoms with E-state index in [1.54, 1.807) is 4.68 Å². The molecule has 2 N–H and O–H groups in total. The first-order valence-corrected chi connectivity index (χ1v) is 7.44. The molecule has 1 aliphatic rings. The first-order valence-electron chi connectivity index (χ1n) is 7.44. The van der Waals surface area contributed by atoms with E-state index < -0.39 is 0 Å². The summed E-state index contributed by atoms with van der Waals surface area (Å²) in [5, 5.41) is 10.7. The molecule has 2 rings (SSSR count). The largest absolute Gasteiger partial charge is 0.351 e. The molecule has 0 unspecified atom stereocenters. The van der Waals surface area contributed by atoms with Crippen LogP contribution in [0.1, 0.15) is 45.1 Å². The van der Waals surface area contributed by atoms with Crippen molar-refractivity contribution in [3.8, 4) is 0 Å². The number of aromatic nitrogens is 2. The van der Waals surface area contributed by atoms with Crippen molar-refractivity contribution in [3.05, 3.63) is 18.0 Å². The summed E-state index contributed by atoms with van der Waals surface area (Å²) in [6.07, 6.45) is 5.95. The lowest BCUT2D eigenvalue weighted by Gasteiger charge is -2.28. The van der Waals surface area contributed by atoms with E-state index >= 15 is 0 Å². The van der Waals surface area contributed by atoms with Gasteiger partial charge in [-0.3, -0.25) is 9.48 Å². The number of halogens is 1. The van der Waals surface area contributed by atoms with Crippen LogP contribution in [0.5, 0.6) is 0 Å². The summed E-state index contributed by atoms with van der Waals surface area (Å²) >= 11 is 0. The molecule has 0 saturated carbocycles. The van der Waals surface area contributed by atoms with E-state index in [1.165, 1.54) is 0 Å². The quantitative estimate of drug-likeness (QED) is 0.872. The molecule has 21 heavy (non-hydrogen) atoms. The number of aryl methyl sites for hydroxylation is 1. The lowest BCUT2D eigenvalue weighted by Crippen LogP contribution is -2.47. The zero-order chi connectivity index (χ0) is 14.8. The normalized spacial score (nSPS) is 21.9. The van der Waals surface area contributed by atoms with Crippen LogP contribution < -0.4 is 10.6 Å². The maximum Gasteiger partial charge on any atom is 0.225 e. The van der Waals surface area contributed by atoms with Crippen LogP contribution in [0.2, 0.25) is 0 Å². The minimum absolute atomic E-state index is 0. The number of hydrogen-bond donors (Lipinski definition) is 2. The predicted octanol–water partition coefficient (Wildman–Crippen LogP) is 1.84. The number of amides is 1. The van der Waals surface area contributed by atoms with Gasteiger partial charge in [-0.15, -0.1) is 12.4 Å². The summed E-state index contributed by atoms with van der Waals surface area (Å²) in [5.74, 6) is 0.374. The van der Waals surface area contributed by atoms with E-state index in [1.807, 2.05) is 19.4 Å². The molecule has 6 heteroatoms. The van der Waals surface area contributed by atoms with Crippen LogP contribution in [-0.4, -0.2) is 34.3 Å². The fraction of sp³-hybridized carbons (Fsp3) is 0.733. The highest BCUT2D eigenvalue weighted by Crippen LogP contribution is 2.28. The highest BCUT2D eigenvalue weighted by atomic mass is 35.5. The zero-order valence-electron chi connectivity index (χ0n) is 13.3. The van der Waals surface area contributed by atoms with Gasteiger partial charge in [-0.1, -0.05) is 13.3 Å². The second kappa shape index (κ2) is 7.27. The molecule has 0 bridgehead atoms. The van der Waals surface area contributed by atoms with Crippen molar-refractivity contribution >= 4 is 18.3 Å². The fourth-order valence-electron chi connectivity index (χ4n) is 3.05. The lowest BCUT2D eigenvalue weighted by molar-refractivity contribution is -0.126. The summed E-state index contributed by atoms with van der Waals surface area (Å²) in [6.45, 7) is 7.92. The predicted molar refractivity (Wildman–Crippen MR) is 86.7 cm³/mol. The lowest BCUT2D eigenvalue weighted by atomic mass is 9.89. The summed E-state index contributed by atoms with van der Waals surface area (Å²) < 4.78 is 1.80. The molecule has 5 nitrogen and oxygen atoms in total. The van der Waals surface area contributed by atoms with Gasteiger partial charge < -0.3 is 10.6 Å². The Balaban J connectivity index is 0.00000220. The Hall–Kier alpha value is -1.07. The van der Waals surface area contributed by atoms with E-state index in [9.17, 15) is 4.79 Å². The van der Waals surface area contributed by atoms with Crippen LogP contribution in [0.4, 0.5) is 0 Å². The SMILES string of the molecule is CCCC(C)(C)NC(=O)[C@H]1CNC[C@@H]1c1cnn(C)c1.Cl. The fourth-order valence-corrected chi connectivity index (χ4v) is 3.05. The highest BCUT2D eigenvalue weighted by Gasteiger charge is 2.36. The number of nitrogens with zero attached hydrogens (tertiary/aromatic N) is 2. The van der Waals surface area contributed by atoms with Gasteiger partial charge in [0.2, 0.25) is 5.91 Å². The van der Waals surface area contributed by atoms with Gasteiger partial charge in [-0.05, 0) is 25.8 Å². The molecule has 0 radical (unpaired) electrons. The van der Waals surface area contributed by atoms with Gasteiger partial charge in [-0.25, -0.2) is 0 Å². The first-order chi connectivity index (χ1) is 9.43. The number of carbonyl (C=O) groups excluding carboxylic acids is 1. The maximum atomic E-state index is 12.5. The molecule has 1 amide bonds. The molecule has 0 aromatic carbocycles. The topological polar surface area (TPSA) is 59.0 Å². The van der Waals surface area contributed by atoms with Crippen LogP contribution in [-0.2, 0) is 11.8 Å². The number of hydrogen-bond acceptors (Lipinski definition) is 3. The standard InChI is InChI=1S/C15H26N4O.ClH/c1-5-6-15(2,3)18-14(20)13-9-16-8-12(13)11-7-17-19(4)10-11;/h7,10,12-13,16H,5-6,8-9H2,1-4H3,(H,18,20);1H/t12-,13+;/m1./s1. The van der Waals surface area contributed by atoms with Gasteiger partial charge in [-0.2, -0.15) is 5.10 Å². The molecular formula is C15H27ClN4O. The molecule has 1 saturated heterocycles. The van der Waals surface area contributed by atoms with Crippen molar-refractivity contribution in [2.45, 2.75) is 45.1 Å².